The average Bonchev–Trinajstić information content (AvgIpc) is 2.71. The molecule has 0 aliphatic heterocycles. The molecule has 30 heavy (non-hydrogen) atoms. The van der Waals surface area contributed by atoms with Crippen LogP contribution in [0.4, 0.5) is 17.5 Å². The van der Waals surface area contributed by atoms with Crippen LogP contribution in [0.5, 0.6) is 0 Å². The van der Waals surface area contributed by atoms with E-state index >= 15 is 0 Å². The second kappa shape index (κ2) is 12.0. The van der Waals surface area contributed by atoms with Crippen LogP contribution in [0.2, 0.25) is 5.02 Å². The molecule has 0 fully saturated rings. The number of hydrogen-bond donors (Lipinski definition) is 4. The maximum atomic E-state index is 8.36. The zero-order chi connectivity index (χ0) is 21.8. The van der Waals surface area contributed by atoms with Crippen LogP contribution in [0.15, 0.2) is 65.7 Å². The number of benzene rings is 2. The van der Waals surface area contributed by atoms with E-state index in [1.807, 2.05) is 43.3 Å². The van der Waals surface area contributed by atoms with Gasteiger partial charge in [0.2, 0.25) is 5.96 Å². The van der Waals surface area contributed by atoms with Gasteiger partial charge in [-0.2, -0.15) is 9.98 Å². The summed E-state index contributed by atoms with van der Waals surface area (Å²) in [6.07, 6.45) is 0.906. The molecule has 3 aromatic rings. The molecule has 9 heteroatoms. The van der Waals surface area contributed by atoms with Gasteiger partial charge in [0.05, 0.1) is 0 Å². The zero-order valence-electron chi connectivity index (χ0n) is 16.4. The molecule has 1 heterocycles. The van der Waals surface area contributed by atoms with E-state index in [1.165, 1.54) is 5.56 Å². The maximum Gasteiger partial charge on any atom is 0.290 e. The normalized spacial score (nSPS) is 10.5. The van der Waals surface area contributed by atoms with E-state index in [0.29, 0.717) is 11.0 Å². The Labute approximate surface area is 179 Å². The number of aliphatic imine (C=N–C) groups is 1. The monoisotopic (exact) mass is 426 g/mol. The third-order valence-corrected chi connectivity index (χ3v) is 3.99. The van der Waals surface area contributed by atoms with Gasteiger partial charge in [-0.25, -0.2) is 4.98 Å². The lowest BCUT2D eigenvalue weighted by atomic mass is 10.1. The van der Waals surface area contributed by atoms with Crippen molar-refractivity contribution in [1.82, 2.24) is 9.97 Å². The first-order valence-electron chi connectivity index (χ1n) is 9.08. The minimum Gasteiger partial charge on any atom is -0.483 e. The fraction of sp³-hybridized carbons (Fsp3) is 0.143. The van der Waals surface area contributed by atoms with Crippen molar-refractivity contribution in [3.05, 3.63) is 76.9 Å². The molecule has 0 aliphatic carbocycles. The van der Waals surface area contributed by atoms with E-state index in [1.54, 1.807) is 12.1 Å². The van der Waals surface area contributed by atoms with Gasteiger partial charge < -0.3 is 21.5 Å². The third-order valence-electron chi connectivity index (χ3n) is 3.74. The highest BCUT2D eigenvalue weighted by atomic mass is 35.5. The van der Waals surface area contributed by atoms with Gasteiger partial charge in [-0.05, 0) is 43.2 Å². The van der Waals surface area contributed by atoms with Gasteiger partial charge in [0.25, 0.3) is 12.4 Å². The molecule has 0 saturated heterocycles. The minimum absolute atomic E-state index is 0.207. The molecule has 1 aromatic heterocycles. The van der Waals surface area contributed by atoms with Crippen LogP contribution in [0, 0.1) is 6.92 Å². The minimum atomic E-state index is -0.250. The summed E-state index contributed by atoms with van der Waals surface area (Å²) in [4.78, 5) is 21.3. The second-order valence-corrected chi connectivity index (χ2v) is 6.53. The molecule has 0 atom stereocenters. The first-order valence-corrected chi connectivity index (χ1v) is 9.46. The van der Waals surface area contributed by atoms with Crippen LogP contribution >= 0.6 is 11.6 Å². The fourth-order valence-electron chi connectivity index (χ4n) is 2.49. The quantitative estimate of drug-likeness (QED) is 0.268. The number of guanidine groups is 1. The smallest absolute Gasteiger partial charge is 0.290 e. The lowest BCUT2D eigenvalue weighted by molar-refractivity contribution is -0.122. The molecular formula is C21H23ClN6O2. The molecule has 3 rings (SSSR count). The Kier molecular flexibility index (Phi) is 9.08. The van der Waals surface area contributed by atoms with Crippen molar-refractivity contribution in [2.24, 2.45) is 10.7 Å². The van der Waals surface area contributed by atoms with Crippen molar-refractivity contribution >= 4 is 41.5 Å². The summed E-state index contributed by atoms with van der Waals surface area (Å²) in [5.74, 6) is 1.23. The molecule has 156 valence electrons. The fourth-order valence-corrected chi connectivity index (χ4v) is 2.62. The summed E-state index contributed by atoms with van der Waals surface area (Å²) >= 11 is 5.88. The predicted molar refractivity (Wildman–Crippen MR) is 120 cm³/mol. The van der Waals surface area contributed by atoms with E-state index in [2.05, 4.69) is 37.7 Å². The van der Waals surface area contributed by atoms with Gasteiger partial charge in [0.1, 0.15) is 5.82 Å². The summed E-state index contributed by atoms with van der Waals surface area (Å²) in [5.41, 5.74) is 8.82. The Balaban J connectivity index is 0.00000101. The molecule has 0 radical (unpaired) electrons. The van der Waals surface area contributed by atoms with Crippen LogP contribution in [-0.2, 0) is 11.2 Å². The Morgan fingerprint density at radius 1 is 1.17 bits per heavy atom. The van der Waals surface area contributed by atoms with Crippen molar-refractivity contribution in [3.63, 3.8) is 0 Å². The SMILES string of the molecule is Cc1cc(NCCc2ccccc2)nc(/N=C(\N)Nc2ccc(Cl)cc2)n1.O=CO. The van der Waals surface area contributed by atoms with Gasteiger partial charge in [-0.1, -0.05) is 41.9 Å². The first-order chi connectivity index (χ1) is 14.5. The summed E-state index contributed by atoms with van der Waals surface area (Å²) in [5, 5.41) is 13.8. The largest absolute Gasteiger partial charge is 0.483 e. The van der Waals surface area contributed by atoms with E-state index < -0.39 is 0 Å². The van der Waals surface area contributed by atoms with Crippen LogP contribution in [-0.4, -0.2) is 34.1 Å². The highest BCUT2D eigenvalue weighted by Crippen LogP contribution is 2.15. The Hall–Kier alpha value is -3.65. The number of aryl methyl sites for hydroxylation is 1. The summed E-state index contributed by atoms with van der Waals surface area (Å²) in [6.45, 7) is 2.41. The molecule has 0 spiro atoms. The van der Waals surface area contributed by atoms with E-state index in [-0.39, 0.29) is 12.4 Å². The predicted octanol–water partition coefficient (Wildman–Crippen LogP) is 3.85. The highest BCUT2D eigenvalue weighted by Gasteiger charge is 2.03. The molecule has 0 bridgehead atoms. The molecule has 8 nitrogen and oxygen atoms in total. The number of carbonyl (C=O) groups is 1. The van der Waals surface area contributed by atoms with E-state index in [0.717, 1.165) is 30.2 Å². The number of hydrogen-bond acceptors (Lipinski definition) is 5. The van der Waals surface area contributed by atoms with Crippen molar-refractivity contribution < 1.29 is 9.90 Å². The van der Waals surface area contributed by atoms with Crippen LogP contribution in [0.1, 0.15) is 11.3 Å². The van der Waals surface area contributed by atoms with Gasteiger partial charge in [0.15, 0.2) is 0 Å². The number of aromatic nitrogens is 2. The van der Waals surface area contributed by atoms with Crippen molar-refractivity contribution in [3.8, 4) is 0 Å². The van der Waals surface area contributed by atoms with Crippen LogP contribution < -0.4 is 16.4 Å². The number of carboxylic acid groups (broad SMARTS) is 1. The molecule has 0 saturated carbocycles. The van der Waals surface area contributed by atoms with Gasteiger partial charge in [-0.3, -0.25) is 4.79 Å². The average molecular weight is 427 g/mol. The third kappa shape index (κ3) is 8.15. The molecule has 2 aromatic carbocycles. The van der Waals surface area contributed by atoms with Crippen molar-refractivity contribution in [1.29, 1.82) is 0 Å². The van der Waals surface area contributed by atoms with Gasteiger partial charge >= 0.3 is 0 Å². The number of rotatable bonds is 6. The number of nitrogens with two attached hydrogens (primary N) is 1. The highest BCUT2D eigenvalue weighted by molar-refractivity contribution is 6.30. The standard InChI is InChI=1S/C20H21ClN6.CH2O2/c1-14-13-18(23-12-11-15-5-3-2-4-6-15)26-20(24-14)27-19(22)25-17-9-7-16(21)8-10-17;2-1-3/h2-10,13H,11-12H2,1H3,(H4,22,23,24,25,26,27);1H,(H,2,3). The van der Waals surface area contributed by atoms with Crippen LogP contribution in [0.25, 0.3) is 0 Å². The first kappa shape index (κ1) is 22.6. The van der Waals surface area contributed by atoms with E-state index in [9.17, 15) is 0 Å². The molecular weight excluding hydrogens is 404 g/mol. The number of nitrogens with zero attached hydrogens (tertiary/aromatic N) is 3. The summed E-state index contributed by atoms with van der Waals surface area (Å²) in [7, 11) is 0. The molecule has 0 amide bonds. The lowest BCUT2D eigenvalue weighted by Crippen LogP contribution is -2.22. The Bertz CT molecular complexity index is 965. The topological polar surface area (TPSA) is 126 Å². The van der Waals surface area contributed by atoms with Crippen molar-refractivity contribution in [2.75, 3.05) is 17.2 Å². The van der Waals surface area contributed by atoms with E-state index in [4.69, 9.17) is 27.2 Å². The summed E-state index contributed by atoms with van der Waals surface area (Å²) in [6, 6.07) is 19.4. The Morgan fingerprint density at radius 2 is 1.83 bits per heavy atom. The van der Waals surface area contributed by atoms with Gasteiger partial charge in [0, 0.05) is 29.0 Å². The molecule has 5 N–H and O–H groups in total. The summed E-state index contributed by atoms with van der Waals surface area (Å²) < 4.78 is 0. The Morgan fingerprint density at radius 3 is 2.50 bits per heavy atom. The second-order valence-electron chi connectivity index (χ2n) is 6.09. The zero-order valence-corrected chi connectivity index (χ0v) is 17.2. The number of nitrogens with one attached hydrogen (secondary N) is 2. The van der Waals surface area contributed by atoms with Crippen molar-refractivity contribution in [2.45, 2.75) is 13.3 Å². The lowest BCUT2D eigenvalue weighted by Gasteiger charge is -2.08. The maximum absolute atomic E-state index is 8.36. The van der Waals surface area contributed by atoms with Gasteiger partial charge in [-0.15, -0.1) is 0 Å². The van der Waals surface area contributed by atoms with Crippen LogP contribution in [0.3, 0.4) is 0 Å². The molecule has 0 unspecified atom stereocenters. The number of halogens is 1. The number of anilines is 2. The molecule has 0 aliphatic rings.